The molecule has 0 saturated carbocycles. The fourth-order valence-electron chi connectivity index (χ4n) is 9.12. The summed E-state index contributed by atoms with van der Waals surface area (Å²) in [6.45, 7) is 4.73. The van der Waals surface area contributed by atoms with Crippen LogP contribution in [0.5, 0.6) is 0 Å². The molecular formula is C56H44N2. The molecule has 0 bridgehead atoms. The van der Waals surface area contributed by atoms with Crippen molar-refractivity contribution < 1.29 is 0 Å². The third-order valence-corrected chi connectivity index (χ3v) is 12.1. The van der Waals surface area contributed by atoms with E-state index in [9.17, 15) is 0 Å². The summed E-state index contributed by atoms with van der Waals surface area (Å²) in [5.41, 5.74) is 18.0. The molecule has 0 heterocycles. The molecule has 0 saturated heterocycles. The van der Waals surface area contributed by atoms with Crippen LogP contribution in [-0.4, -0.2) is 7.05 Å². The van der Waals surface area contributed by atoms with Crippen molar-refractivity contribution in [3.8, 4) is 44.5 Å². The Morgan fingerprint density at radius 2 is 0.879 bits per heavy atom. The van der Waals surface area contributed by atoms with Crippen molar-refractivity contribution in [1.29, 1.82) is 0 Å². The number of hydrogen-bond acceptors (Lipinski definition) is 2. The van der Waals surface area contributed by atoms with Crippen LogP contribution in [0, 0.1) is 0 Å². The number of hydrogen-bond donors (Lipinski definition) is 0. The normalized spacial score (nSPS) is 12.5. The summed E-state index contributed by atoms with van der Waals surface area (Å²) in [7, 11) is 2.21. The molecule has 1 aliphatic rings. The van der Waals surface area contributed by atoms with Gasteiger partial charge in [-0.25, -0.2) is 0 Å². The number of nitrogens with zero attached hydrogens (tertiary/aromatic N) is 2. The number of benzene rings is 9. The minimum absolute atomic E-state index is 0.118. The highest BCUT2D eigenvalue weighted by Crippen LogP contribution is 2.53. The van der Waals surface area contributed by atoms with Crippen LogP contribution in [0.2, 0.25) is 0 Å². The van der Waals surface area contributed by atoms with Gasteiger partial charge in [0.25, 0.3) is 0 Å². The first-order valence-electron chi connectivity index (χ1n) is 20.2. The molecule has 0 aromatic heterocycles. The summed E-state index contributed by atoms with van der Waals surface area (Å²) >= 11 is 0. The van der Waals surface area contributed by atoms with E-state index in [0.717, 1.165) is 28.4 Å². The van der Waals surface area contributed by atoms with E-state index in [2.05, 4.69) is 243 Å². The number of rotatable bonds is 8. The lowest BCUT2D eigenvalue weighted by molar-refractivity contribution is 0.660. The molecule has 0 spiro atoms. The zero-order valence-corrected chi connectivity index (χ0v) is 33.1. The molecule has 0 radical (unpaired) electrons. The van der Waals surface area contributed by atoms with Gasteiger partial charge in [-0.3, -0.25) is 0 Å². The van der Waals surface area contributed by atoms with E-state index in [0.29, 0.717) is 0 Å². The smallest absolute Gasteiger partial charge is 0.0561 e. The topological polar surface area (TPSA) is 6.48 Å². The van der Waals surface area contributed by atoms with Crippen molar-refractivity contribution in [2.75, 3.05) is 16.8 Å². The van der Waals surface area contributed by atoms with Crippen LogP contribution in [-0.2, 0) is 5.41 Å². The standard InChI is InChI=1S/C56H44N2/c1-56(2)50-29-17-15-26-46(50)47-36-33-42(37-51(47)56)55-49-28-14-13-27-48(49)53(38-54(55)57(3)43-23-11-6-12-24-43)58(44-34-31-40(32-35-44)39-19-7-4-8-20-39)52-30-18-16-25-45(52)41-21-9-5-10-22-41/h4-38H,1-3H3. The highest BCUT2D eigenvalue weighted by Gasteiger charge is 2.36. The first-order chi connectivity index (χ1) is 28.5. The second-order valence-corrected chi connectivity index (χ2v) is 15.8. The molecular weight excluding hydrogens is 701 g/mol. The molecule has 0 unspecified atom stereocenters. The van der Waals surface area contributed by atoms with Gasteiger partial charge in [0.05, 0.1) is 17.1 Å². The summed E-state index contributed by atoms with van der Waals surface area (Å²) in [5.74, 6) is 0. The van der Waals surface area contributed by atoms with Crippen molar-refractivity contribution in [3.63, 3.8) is 0 Å². The lowest BCUT2D eigenvalue weighted by atomic mass is 9.81. The van der Waals surface area contributed by atoms with E-state index >= 15 is 0 Å². The number of anilines is 5. The van der Waals surface area contributed by atoms with Gasteiger partial charge in [0.2, 0.25) is 0 Å². The molecule has 0 amide bonds. The van der Waals surface area contributed by atoms with Crippen molar-refractivity contribution in [3.05, 3.63) is 223 Å². The molecule has 0 aliphatic heterocycles. The third kappa shape index (κ3) is 5.97. The summed E-state index contributed by atoms with van der Waals surface area (Å²) in [4.78, 5) is 4.83. The quantitative estimate of drug-likeness (QED) is 0.153. The fourth-order valence-corrected chi connectivity index (χ4v) is 9.12. The Morgan fingerprint density at radius 3 is 1.60 bits per heavy atom. The minimum atomic E-state index is -0.118. The fraction of sp³-hybridized carbons (Fsp3) is 0.0714. The van der Waals surface area contributed by atoms with Crippen molar-refractivity contribution in [2.45, 2.75) is 19.3 Å². The first-order valence-corrected chi connectivity index (χ1v) is 20.2. The molecule has 10 rings (SSSR count). The lowest BCUT2D eigenvalue weighted by Gasteiger charge is -2.32. The summed E-state index contributed by atoms with van der Waals surface area (Å²) in [5, 5.41) is 2.38. The monoisotopic (exact) mass is 744 g/mol. The predicted molar refractivity (Wildman–Crippen MR) is 247 cm³/mol. The highest BCUT2D eigenvalue weighted by molar-refractivity contribution is 6.12. The molecule has 9 aromatic carbocycles. The van der Waals surface area contributed by atoms with Gasteiger partial charge in [-0.05, 0) is 92.4 Å². The van der Waals surface area contributed by atoms with Gasteiger partial charge in [-0.2, -0.15) is 0 Å². The van der Waals surface area contributed by atoms with Crippen LogP contribution in [0.15, 0.2) is 212 Å². The Bertz CT molecular complexity index is 2910. The molecule has 0 atom stereocenters. The average molecular weight is 745 g/mol. The van der Waals surface area contributed by atoms with Crippen LogP contribution < -0.4 is 9.80 Å². The third-order valence-electron chi connectivity index (χ3n) is 12.1. The highest BCUT2D eigenvalue weighted by atomic mass is 15.2. The molecule has 0 fully saturated rings. The maximum Gasteiger partial charge on any atom is 0.0561 e. The molecule has 2 nitrogen and oxygen atoms in total. The summed E-state index contributed by atoms with van der Waals surface area (Å²) in [6, 6.07) is 77.4. The SMILES string of the molecule is CN(c1ccccc1)c1cc(N(c2ccc(-c3ccccc3)cc2)c2ccccc2-c2ccccc2)c2ccccc2c1-c1ccc2c(c1)C(C)(C)c1ccccc1-2. The average Bonchev–Trinajstić information content (AvgIpc) is 3.52. The Balaban J connectivity index is 1.25. The van der Waals surface area contributed by atoms with Gasteiger partial charge in [0, 0.05) is 40.4 Å². The van der Waals surface area contributed by atoms with E-state index in [1.165, 1.54) is 66.4 Å². The molecule has 9 aromatic rings. The van der Waals surface area contributed by atoms with Crippen molar-refractivity contribution in [2.24, 2.45) is 0 Å². The van der Waals surface area contributed by atoms with E-state index in [-0.39, 0.29) is 5.41 Å². The Hall–Kier alpha value is -7.16. The summed E-state index contributed by atoms with van der Waals surface area (Å²) in [6.07, 6.45) is 0. The van der Waals surface area contributed by atoms with E-state index < -0.39 is 0 Å². The second kappa shape index (κ2) is 14.4. The van der Waals surface area contributed by atoms with Crippen LogP contribution in [0.25, 0.3) is 55.3 Å². The molecule has 1 aliphatic carbocycles. The van der Waals surface area contributed by atoms with Gasteiger partial charge < -0.3 is 9.80 Å². The van der Waals surface area contributed by atoms with Crippen LogP contribution in [0.3, 0.4) is 0 Å². The number of fused-ring (bicyclic) bond motifs is 4. The van der Waals surface area contributed by atoms with E-state index in [1.54, 1.807) is 0 Å². The lowest BCUT2D eigenvalue weighted by Crippen LogP contribution is -2.16. The van der Waals surface area contributed by atoms with Gasteiger partial charge >= 0.3 is 0 Å². The minimum Gasteiger partial charge on any atom is -0.344 e. The van der Waals surface area contributed by atoms with Gasteiger partial charge in [0.15, 0.2) is 0 Å². The van der Waals surface area contributed by atoms with E-state index in [1.807, 2.05) is 0 Å². The Labute approximate surface area is 341 Å². The maximum atomic E-state index is 2.47. The molecule has 58 heavy (non-hydrogen) atoms. The molecule has 0 N–H and O–H groups in total. The van der Waals surface area contributed by atoms with Crippen LogP contribution >= 0.6 is 0 Å². The van der Waals surface area contributed by atoms with Gasteiger partial charge in [0.1, 0.15) is 0 Å². The molecule has 2 heteroatoms. The molecule has 278 valence electrons. The Kier molecular flexibility index (Phi) is 8.76. The van der Waals surface area contributed by atoms with Crippen molar-refractivity contribution in [1.82, 2.24) is 0 Å². The van der Waals surface area contributed by atoms with Gasteiger partial charge in [-0.1, -0.05) is 184 Å². The first kappa shape index (κ1) is 35.3. The summed E-state index contributed by atoms with van der Waals surface area (Å²) < 4.78 is 0. The zero-order valence-electron chi connectivity index (χ0n) is 33.1. The predicted octanol–water partition coefficient (Wildman–Crippen LogP) is 15.4. The van der Waals surface area contributed by atoms with Crippen molar-refractivity contribution >= 4 is 39.2 Å². The largest absolute Gasteiger partial charge is 0.344 e. The van der Waals surface area contributed by atoms with E-state index in [4.69, 9.17) is 0 Å². The van der Waals surface area contributed by atoms with Crippen LogP contribution in [0.4, 0.5) is 28.4 Å². The van der Waals surface area contributed by atoms with Crippen LogP contribution in [0.1, 0.15) is 25.0 Å². The zero-order chi connectivity index (χ0) is 39.2. The number of para-hydroxylation sites is 2. The van der Waals surface area contributed by atoms with Gasteiger partial charge in [-0.15, -0.1) is 0 Å². The maximum absolute atomic E-state index is 2.47. The second-order valence-electron chi connectivity index (χ2n) is 15.8. The Morgan fingerprint density at radius 1 is 0.345 bits per heavy atom.